The fourth-order valence-corrected chi connectivity index (χ4v) is 4.62. The van der Waals surface area contributed by atoms with Gasteiger partial charge in [0.05, 0.1) is 22.3 Å². The molecular weight excluding hydrogens is 407 g/mol. The molecule has 32 heavy (non-hydrogen) atoms. The Morgan fingerprint density at radius 3 is 2.47 bits per heavy atom. The molecule has 160 valence electrons. The molecule has 1 saturated heterocycles. The lowest BCUT2D eigenvalue weighted by atomic mass is 9.86. The first-order valence-electron chi connectivity index (χ1n) is 10.7. The Kier molecular flexibility index (Phi) is 4.26. The lowest BCUT2D eigenvalue weighted by Gasteiger charge is -2.34. The summed E-state index contributed by atoms with van der Waals surface area (Å²) < 4.78 is 19.3. The van der Waals surface area contributed by atoms with E-state index in [0.29, 0.717) is 33.8 Å². The third kappa shape index (κ3) is 2.89. The standard InChI is InChI=1S/C25H21FN4O2/c1-29-10-12-30(13-11-29)20-14-19(27-16-8-6-15(26)7-9-16)21-22-23(20)28-32-25(22)18-5-3-2-4-17(18)24(21)31/h2-9,14,27H,10-13H2,1H3. The molecule has 6 rings (SSSR count). The summed E-state index contributed by atoms with van der Waals surface area (Å²) in [4.78, 5) is 18.2. The highest BCUT2D eigenvalue weighted by Gasteiger charge is 2.34. The minimum absolute atomic E-state index is 0.0733. The van der Waals surface area contributed by atoms with Crippen molar-refractivity contribution in [2.24, 2.45) is 0 Å². The second kappa shape index (κ2) is 7.17. The van der Waals surface area contributed by atoms with Crippen LogP contribution >= 0.6 is 0 Å². The molecule has 1 N–H and O–H groups in total. The van der Waals surface area contributed by atoms with Gasteiger partial charge in [0.25, 0.3) is 0 Å². The maximum Gasteiger partial charge on any atom is 0.196 e. The summed E-state index contributed by atoms with van der Waals surface area (Å²) in [7, 11) is 2.11. The molecule has 1 aliphatic heterocycles. The molecule has 4 aromatic rings. The van der Waals surface area contributed by atoms with Crippen LogP contribution in [0.5, 0.6) is 0 Å². The van der Waals surface area contributed by atoms with Gasteiger partial charge in [-0.1, -0.05) is 29.4 Å². The summed E-state index contributed by atoms with van der Waals surface area (Å²) in [6, 6.07) is 15.6. The summed E-state index contributed by atoms with van der Waals surface area (Å²) in [5.74, 6) is 0.232. The summed E-state index contributed by atoms with van der Waals surface area (Å²) in [6.07, 6.45) is 0. The first-order valence-corrected chi connectivity index (χ1v) is 10.7. The third-order valence-electron chi connectivity index (χ3n) is 6.35. The molecule has 0 spiro atoms. The van der Waals surface area contributed by atoms with Gasteiger partial charge in [0, 0.05) is 43.0 Å². The van der Waals surface area contributed by atoms with Crippen molar-refractivity contribution < 1.29 is 13.7 Å². The van der Waals surface area contributed by atoms with E-state index in [2.05, 4.69) is 27.3 Å². The number of likely N-dealkylation sites (N-methyl/N-ethyl adjacent to an activating group) is 1. The average molecular weight is 428 g/mol. The van der Waals surface area contributed by atoms with Crippen molar-refractivity contribution in [2.45, 2.75) is 0 Å². The van der Waals surface area contributed by atoms with E-state index in [4.69, 9.17) is 4.52 Å². The molecule has 1 aliphatic carbocycles. The van der Waals surface area contributed by atoms with Crippen LogP contribution in [0.4, 0.5) is 21.5 Å². The second-order valence-electron chi connectivity index (χ2n) is 8.35. The van der Waals surface area contributed by atoms with Gasteiger partial charge in [0.15, 0.2) is 11.5 Å². The Hall–Kier alpha value is -3.71. The predicted molar refractivity (Wildman–Crippen MR) is 122 cm³/mol. The Balaban J connectivity index is 1.58. The van der Waals surface area contributed by atoms with E-state index >= 15 is 0 Å². The molecule has 2 heterocycles. The molecule has 3 aromatic carbocycles. The number of ketones is 1. The van der Waals surface area contributed by atoms with Gasteiger partial charge in [-0.2, -0.15) is 0 Å². The minimum atomic E-state index is -0.309. The van der Waals surface area contributed by atoms with Gasteiger partial charge in [0.2, 0.25) is 0 Å². The lowest BCUT2D eigenvalue weighted by molar-refractivity contribution is 0.104. The van der Waals surface area contributed by atoms with Gasteiger partial charge in [-0.15, -0.1) is 0 Å². The molecule has 7 heteroatoms. The first-order chi connectivity index (χ1) is 15.6. The number of anilines is 3. The number of hydrogen-bond donors (Lipinski definition) is 1. The molecule has 0 amide bonds. The Labute approximate surface area is 184 Å². The molecule has 0 saturated carbocycles. The number of rotatable bonds is 3. The zero-order valence-electron chi connectivity index (χ0n) is 17.6. The number of piperazine rings is 1. The van der Waals surface area contributed by atoms with E-state index in [-0.39, 0.29) is 11.6 Å². The van der Waals surface area contributed by atoms with E-state index in [9.17, 15) is 9.18 Å². The Morgan fingerprint density at radius 1 is 1.00 bits per heavy atom. The van der Waals surface area contributed by atoms with Gasteiger partial charge >= 0.3 is 0 Å². The molecule has 6 nitrogen and oxygen atoms in total. The van der Waals surface area contributed by atoms with Gasteiger partial charge in [-0.3, -0.25) is 4.79 Å². The van der Waals surface area contributed by atoms with E-state index in [0.717, 1.165) is 42.8 Å². The number of halogens is 1. The molecule has 0 atom stereocenters. The molecule has 1 fully saturated rings. The number of benzene rings is 3. The van der Waals surface area contributed by atoms with Gasteiger partial charge < -0.3 is 19.6 Å². The van der Waals surface area contributed by atoms with Crippen LogP contribution in [0.25, 0.3) is 22.2 Å². The quantitative estimate of drug-likeness (QED) is 0.451. The van der Waals surface area contributed by atoms with Crippen LogP contribution in [0.15, 0.2) is 59.1 Å². The number of aromatic nitrogens is 1. The van der Waals surface area contributed by atoms with Crippen LogP contribution in [0.1, 0.15) is 15.9 Å². The van der Waals surface area contributed by atoms with E-state index in [1.807, 2.05) is 30.3 Å². The third-order valence-corrected chi connectivity index (χ3v) is 6.35. The zero-order chi connectivity index (χ0) is 21.8. The van der Waals surface area contributed by atoms with Crippen molar-refractivity contribution in [1.29, 1.82) is 0 Å². The smallest absolute Gasteiger partial charge is 0.196 e. The number of nitrogens with one attached hydrogen (secondary N) is 1. The zero-order valence-corrected chi connectivity index (χ0v) is 17.6. The van der Waals surface area contributed by atoms with Crippen molar-refractivity contribution in [3.05, 3.63) is 71.5 Å². The maximum absolute atomic E-state index is 13.6. The average Bonchev–Trinajstić information content (AvgIpc) is 3.25. The molecule has 2 aliphatic rings. The SMILES string of the molecule is CN1CCN(c2cc(Nc3ccc(F)cc3)c3c4c(onc24)-c2ccccc2C3=O)CC1. The number of nitrogens with zero attached hydrogens (tertiary/aromatic N) is 3. The van der Waals surface area contributed by atoms with E-state index in [1.54, 1.807) is 12.1 Å². The number of carbonyl (C=O) groups is 1. The van der Waals surface area contributed by atoms with Crippen LogP contribution in [0.3, 0.4) is 0 Å². The highest BCUT2D eigenvalue weighted by molar-refractivity contribution is 6.28. The van der Waals surface area contributed by atoms with Gasteiger partial charge in [0.1, 0.15) is 11.3 Å². The molecule has 1 aromatic heterocycles. The van der Waals surface area contributed by atoms with Crippen LogP contribution in [0, 0.1) is 5.82 Å². The normalized spacial score (nSPS) is 15.8. The van der Waals surface area contributed by atoms with Crippen molar-refractivity contribution in [1.82, 2.24) is 10.1 Å². The van der Waals surface area contributed by atoms with Crippen LogP contribution in [-0.4, -0.2) is 49.1 Å². The summed E-state index contributed by atoms with van der Waals surface area (Å²) in [6.45, 7) is 3.59. The lowest BCUT2D eigenvalue weighted by Crippen LogP contribution is -2.44. The van der Waals surface area contributed by atoms with Crippen molar-refractivity contribution in [3.63, 3.8) is 0 Å². The first kappa shape index (κ1) is 19.0. The highest BCUT2D eigenvalue weighted by atomic mass is 19.1. The molecular formula is C25H21FN4O2. The van der Waals surface area contributed by atoms with Crippen LogP contribution in [-0.2, 0) is 0 Å². The van der Waals surface area contributed by atoms with Crippen molar-refractivity contribution >= 4 is 33.7 Å². The summed E-state index contributed by atoms with van der Waals surface area (Å²) in [5, 5.41) is 8.50. The minimum Gasteiger partial charge on any atom is -0.367 e. The summed E-state index contributed by atoms with van der Waals surface area (Å²) in [5.41, 5.74) is 4.90. The fraction of sp³-hybridized carbons (Fsp3) is 0.200. The van der Waals surface area contributed by atoms with Gasteiger partial charge in [-0.25, -0.2) is 4.39 Å². The van der Waals surface area contributed by atoms with E-state index in [1.165, 1.54) is 12.1 Å². The topological polar surface area (TPSA) is 61.6 Å². The largest absolute Gasteiger partial charge is 0.367 e. The Bertz CT molecular complexity index is 1350. The van der Waals surface area contributed by atoms with Crippen molar-refractivity contribution in [2.75, 3.05) is 43.4 Å². The van der Waals surface area contributed by atoms with E-state index < -0.39 is 0 Å². The number of hydrogen-bond acceptors (Lipinski definition) is 6. The number of fused-ring (bicyclic) bond motifs is 2. The molecule has 0 radical (unpaired) electrons. The van der Waals surface area contributed by atoms with Crippen LogP contribution < -0.4 is 10.2 Å². The van der Waals surface area contributed by atoms with Crippen molar-refractivity contribution in [3.8, 4) is 11.3 Å². The Morgan fingerprint density at radius 2 is 1.72 bits per heavy atom. The van der Waals surface area contributed by atoms with Crippen LogP contribution in [0.2, 0.25) is 0 Å². The fourth-order valence-electron chi connectivity index (χ4n) is 4.62. The van der Waals surface area contributed by atoms with Gasteiger partial charge in [-0.05, 0) is 37.4 Å². The second-order valence-corrected chi connectivity index (χ2v) is 8.35. The predicted octanol–water partition coefficient (Wildman–Crippen LogP) is 4.67. The molecule has 0 unspecified atom stereocenters. The molecule has 0 bridgehead atoms. The maximum atomic E-state index is 13.6. The number of carbonyl (C=O) groups excluding carboxylic acids is 1. The monoisotopic (exact) mass is 428 g/mol. The highest BCUT2D eigenvalue weighted by Crippen LogP contribution is 2.46. The summed E-state index contributed by atoms with van der Waals surface area (Å²) >= 11 is 0.